The van der Waals surface area contributed by atoms with Gasteiger partial charge in [-0.2, -0.15) is 0 Å². The van der Waals surface area contributed by atoms with E-state index in [0.717, 1.165) is 4.90 Å². The van der Waals surface area contributed by atoms with Crippen LogP contribution in [0, 0.1) is 0 Å². The van der Waals surface area contributed by atoms with Gasteiger partial charge in [-0.3, -0.25) is 29.4 Å². The fourth-order valence-electron chi connectivity index (χ4n) is 3.67. The molecule has 36 heavy (non-hydrogen) atoms. The van der Waals surface area contributed by atoms with E-state index >= 15 is 0 Å². The van der Waals surface area contributed by atoms with Gasteiger partial charge >= 0.3 is 0 Å². The number of nitrogens with zero attached hydrogens (tertiary/aromatic N) is 1. The van der Waals surface area contributed by atoms with Gasteiger partial charge in [-0.15, -0.1) is 0 Å². The Bertz CT molecular complexity index is 870. The number of likely N-dealkylation sites (tertiary alicyclic amines) is 1. The molecule has 0 saturated carbocycles. The molecule has 2 aliphatic heterocycles. The molecule has 0 spiro atoms. The molecule has 12 nitrogen and oxygen atoms in total. The van der Waals surface area contributed by atoms with Gasteiger partial charge in [0.25, 0.3) is 11.8 Å². The van der Waals surface area contributed by atoms with Crippen LogP contribution in [0.2, 0.25) is 0 Å². The number of nitrogens with one attached hydrogen (secondary N) is 2. The van der Waals surface area contributed by atoms with Crippen LogP contribution in [0.3, 0.4) is 0 Å². The molecule has 0 bridgehead atoms. The molecule has 0 aromatic heterocycles. The van der Waals surface area contributed by atoms with Gasteiger partial charge in [-0.05, 0) is 19.4 Å². The van der Waals surface area contributed by atoms with E-state index in [9.17, 15) is 19.2 Å². The predicted octanol–water partition coefficient (Wildman–Crippen LogP) is -0.838. The fraction of sp³-hybridized carbons (Fsp3) is 0.583. The van der Waals surface area contributed by atoms with Crippen molar-refractivity contribution in [3.63, 3.8) is 0 Å². The lowest BCUT2D eigenvalue weighted by atomic mass is 10.0. The summed E-state index contributed by atoms with van der Waals surface area (Å²) >= 11 is 0. The molecule has 0 aromatic carbocycles. The van der Waals surface area contributed by atoms with Crippen molar-refractivity contribution in [2.75, 3.05) is 65.9 Å². The molecule has 4 amide bonds. The highest BCUT2D eigenvalue weighted by Crippen LogP contribution is 2.31. The summed E-state index contributed by atoms with van der Waals surface area (Å²) in [4.78, 5) is 50.7. The number of nitrogens with two attached hydrogens (primary N) is 1. The number of hydrogen-bond donors (Lipinski definition) is 3. The van der Waals surface area contributed by atoms with Gasteiger partial charge in [0.1, 0.15) is 6.04 Å². The molecule has 1 atom stereocenters. The van der Waals surface area contributed by atoms with E-state index < -0.39 is 29.7 Å². The fourth-order valence-corrected chi connectivity index (χ4v) is 3.67. The zero-order valence-corrected chi connectivity index (χ0v) is 20.7. The molecule has 0 aromatic rings. The van der Waals surface area contributed by atoms with Crippen molar-refractivity contribution >= 4 is 23.6 Å². The maximum absolute atomic E-state index is 13.1. The molecule has 2 heterocycles. The van der Waals surface area contributed by atoms with Gasteiger partial charge in [0, 0.05) is 25.2 Å². The number of imide groups is 2. The normalized spacial score (nSPS) is 20.8. The lowest BCUT2D eigenvalue weighted by molar-refractivity contribution is -0.149. The monoisotopic (exact) mass is 508 g/mol. The first kappa shape index (κ1) is 29.3. The highest BCUT2D eigenvalue weighted by Gasteiger charge is 2.47. The number of carbonyl (C=O) groups excluding carboxylic acids is 4. The molecule has 1 unspecified atom stereocenters. The minimum absolute atomic E-state index is 0.0581. The van der Waals surface area contributed by atoms with Gasteiger partial charge in [0.2, 0.25) is 11.8 Å². The molecular weight excluding hydrogens is 472 g/mol. The average Bonchev–Trinajstić information content (AvgIpc) is 3.11. The van der Waals surface area contributed by atoms with E-state index in [0.29, 0.717) is 71.6 Å². The summed E-state index contributed by atoms with van der Waals surface area (Å²) in [5, 5.41) is 5.25. The summed E-state index contributed by atoms with van der Waals surface area (Å²) < 4.78 is 21.5. The van der Waals surface area contributed by atoms with Crippen LogP contribution in [-0.2, 0) is 38.1 Å². The third kappa shape index (κ3) is 8.35. The van der Waals surface area contributed by atoms with E-state index in [2.05, 4.69) is 17.2 Å². The number of amides is 4. The molecule has 2 rings (SSSR count). The Balaban J connectivity index is 1.76. The second kappa shape index (κ2) is 16.0. The first-order chi connectivity index (χ1) is 17.5. The number of carbonyl (C=O) groups is 4. The summed E-state index contributed by atoms with van der Waals surface area (Å²) in [6, 6.07) is -1.03. The zero-order chi connectivity index (χ0) is 26.3. The van der Waals surface area contributed by atoms with Gasteiger partial charge in [-0.1, -0.05) is 12.7 Å². The summed E-state index contributed by atoms with van der Waals surface area (Å²) in [7, 11) is 0. The minimum atomic E-state index is -1.03. The highest BCUT2D eigenvalue weighted by molar-refractivity contribution is 6.26. The topological polar surface area (TPSA) is 159 Å². The van der Waals surface area contributed by atoms with Crippen LogP contribution in [0.25, 0.3) is 0 Å². The van der Waals surface area contributed by atoms with E-state index in [1.807, 2.05) is 0 Å². The number of ether oxygens (including phenoxy) is 4. The Morgan fingerprint density at radius 3 is 2.11 bits per heavy atom. The van der Waals surface area contributed by atoms with Crippen LogP contribution in [0.1, 0.15) is 19.8 Å². The lowest BCUT2D eigenvalue weighted by Crippen LogP contribution is -2.54. The predicted molar refractivity (Wildman–Crippen MR) is 129 cm³/mol. The summed E-state index contributed by atoms with van der Waals surface area (Å²) in [5.41, 5.74) is 6.00. The Morgan fingerprint density at radius 1 is 1.00 bits per heavy atom. The largest absolute Gasteiger partial charge is 0.382 e. The van der Waals surface area contributed by atoms with Gasteiger partial charge in [0.15, 0.2) is 0 Å². The first-order valence-electron chi connectivity index (χ1n) is 12.0. The Hall–Kier alpha value is -2.90. The van der Waals surface area contributed by atoms with Crippen LogP contribution in [0.15, 0.2) is 35.6 Å². The van der Waals surface area contributed by atoms with Crippen LogP contribution >= 0.6 is 0 Å². The summed E-state index contributed by atoms with van der Waals surface area (Å²) in [5.74, 6) is -2.26. The molecule has 2 aliphatic rings. The highest BCUT2D eigenvalue weighted by atomic mass is 16.6. The molecular formula is C24H36N4O8. The average molecular weight is 509 g/mol. The Labute approximate surface area is 210 Å². The van der Waals surface area contributed by atoms with Crippen molar-refractivity contribution in [1.82, 2.24) is 15.5 Å². The Morgan fingerprint density at radius 2 is 1.58 bits per heavy atom. The van der Waals surface area contributed by atoms with Crippen LogP contribution in [0.5, 0.6) is 0 Å². The standard InChI is InChI=1S/C24H36N4O8/c1-3-17-21(24(32)28(23(17)31)19-5-6-20(29)27-22(19)30)18(4-2)26-8-10-34-12-14-36-16-15-35-13-11-33-9-7-25/h3-4,19,26H,2,5-16,25H2,1H3,(H,27,29,30)/b17-3+,21-18-. The minimum Gasteiger partial charge on any atom is -0.382 e. The molecule has 2 saturated heterocycles. The van der Waals surface area contributed by atoms with Crippen molar-refractivity contribution in [2.45, 2.75) is 25.8 Å². The molecule has 200 valence electrons. The third-order valence-electron chi connectivity index (χ3n) is 5.38. The molecule has 0 radical (unpaired) electrons. The SMILES string of the molecule is C=C/C(NCCOCCOCCOCCOCCN)=C1/C(=O)N(C2CCC(=O)NC2=O)C(=O)/C1=C/C. The van der Waals surface area contributed by atoms with Gasteiger partial charge < -0.3 is 30.0 Å². The van der Waals surface area contributed by atoms with Gasteiger partial charge in [0.05, 0.1) is 64.0 Å². The van der Waals surface area contributed by atoms with Crippen LogP contribution in [-0.4, -0.2) is 101 Å². The van der Waals surface area contributed by atoms with Crippen molar-refractivity contribution in [2.24, 2.45) is 5.73 Å². The van der Waals surface area contributed by atoms with Crippen molar-refractivity contribution in [3.05, 3.63) is 35.6 Å². The smallest absolute Gasteiger partial charge is 0.264 e. The second-order valence-electron chi connectivity index (χ2n) is 7.81. The van der Waals surface area contributed by atoms with Crippen molar-refractivity contribution in [3.8, 4) is 0 Å². The Kier molecular flexibility index (Phi) is 13.0. The maximum atomic E-state index is 13.1. The van der Waals surface area contributed by atoms with Crippen LogP contribution in [0.4, 0.5) is 0 Å². The quantitative estimate of drug-likeness (QED) is 0.128. The van der Waals surface area contributed by atoms with E-state index in [-0.39, 0.29) is 24.0 Å². The molecule has 0 aliphatic carbocycles. The molecule has 4 N–H and O–H groups in total. The molecule has 12 heteroatoms. The third-order valence-corrected chi connectivity index (χ3v) is 5.38. The maximum Gasteiger partial charge on any atom is 0.264 e. The van der Waals surface area contributed by atoms with Gasteiger partial charge in [-0.25, -0.2) is 0 Å². The van der Waals surface area contributed by atoms with E-state index in [1.165, 1.54) is 12.2 Å². The van der Waals surface area contributed by atoms with Crippen molar-refractivity contribution < 1.29 is 38.1 Å². The summed E-state index contributed by atoms with van der Waals surface area (Å²) in [6.45, 7) is 9.73. The first-order valence-corrected chi connectivity index (χ1v) is 12.0. The number of allylic oxidation sites excluding steroid dienone is 2. The number of hydrogen-bond acceptors (Lipinski definition) is 10. The summed E-state index contributed by atoms with van der Waals surface area (Å²) in [6.07, 6.45) is 3.12. The zero-order valence-electron chi connectivity index (χ0n) is 20.7. The van der Waals surface area contributed by atoms with E-state index in [1.54, 1.807) is 6.92 Å². The lowest BCUT2D eigenvalue weighted by Gasteiger charge is -2.27. The van der Waals surface area contributed by atoms with Crippen molar-refractivity contribution in [1.29, 1.82) is 0 Å². The number of piperidine rings is 1. The molecule has 2 fully saturated rings. The second-order valence-corrected chi connectivity index (χ2v) is 7.81. The number of rotatable bonds is 17. The van der Waals surface area contributed by atoms with E-state index in [4.69, 9.17) is 24.7 Å². The van der Waals surface area contributed by atoms with Crippen LogP contribution < -0.4 is 16.4 Å².